The average Bonchev–Trinajstić information content (AvgIpc) is 3.82. The van der Waals surface area contributed by atoms with Gasteiger partial charge < -0.3 is 49.5 Å². The van der Waals surface area contributed by atoms with Crippen LogP contribution in [0.2, 0.25) is 0 Å². The van der Waals surface area contributed by atoms with Gasteiger partial charge in [-0.05, 0) is 92.7 Å². The van der Waals surface area contributed by atoms with Gasteiger partial charge in [-0.15, -0.1) is 0 Å². The molecule has 4 N–H and O–H groups in total. The number of nitro groups is 1. The summed E-state index contributed by atoms with van der Waals surface area (Å²) in [7, 11) is -4.78. The summed E-state index contributed by atoms with van der Waals surface area (Å²) in [6.45, 7) is 12.4. The molecule has 1 aliphatic carbocycles. The van der Waals surface area contributed by atoms with Crippen molar-refractivity contribution < 1.29 is 41.8 Å². The Bertz CT molecular complexity index is 2980. The number of fused-ring (bicyclic) bond motifs is 4. The summed E-state index contributed by atoms with van der Waals surface area (Å²) in [4.78, 5) is 40.2. The van der Waals surface area contributed by atoms with E-state index in [4.69, 9.17) is 34.4 Å². The maximum absolute atomic E-state index is 16.1. The lowest BCUT2D eigenvalue weighted by Gasteiger charge is -2.57. The number of pyridine rings is 1. The van der Waals surface area contributed by atoms with Crippen molar-refractivity contribution in [2.75, 3.05) is 74.4 Å². The molecule has 5 aliphatic heterocycles. The third kappa shape index (κ3) is 8.52. The number of nitro benzene ring substituents is 1. The Hall–Kier alpha value is -5.99. The van der Waals surface area contributed by atoms with Crippen LogP contribution in [-0.2, 0) is 24.0 Å². The number of amides is 1. The maximum atomic E-state index is 16.1. The number of carbonyl (C=O) groups is 1. The normalized spacial score (nSPS) is 23.4. The number of piperidine rings is 1. The van der Waals surface area contributed by atoms with Crippen molar-refractivity contribution in [3.05, 3.63) is 93.7 Å². The molecule has 3 aromatic carbocycles. The molecule has 0 radical (unpaired) electrons. The number of benzene rings is 3. The zero-order valence-electron chi connectivity index (χ0n) is 40.6. The van der Waals surface area contributed by atoms with Crippen LogP contribution in [-0.4, -0.2) is 124 Å². The lowest BCUT2D eigenvalue weighted by Crippen LogP contribution is -2.58. The van der Waals surface area contributed by atoms with Crippen LogP contribution in [0.5, 0.6) is 11.6 Å². The van der Waals surface area contributed by atoms with Crippen molar-refractivity contribution >= 4 is 55.2 Å². The maximum Gasteiger partial charge on any atom is 0.297 e. The molecule has 5 aromatic rings. The quantitative estimate of drug-likeness (QED) is 0.0809. The number of primary amides is 1. The van der Waals surface area contributed by atoms with Crippen molar-refractivity contribution in [3.8, 4) is 11.6 Å². The second-order valence-corrected chi connectivity index (χ2v) is 22.5. The lowest BCUT2D eigenvalue weighted by atomic mass is 9.59. The molecule has 4 atom stereocenters. The summed E-state index contributed by atoms with van der Waals surface area (Å²) >= 11 is 0. The van der Waals surface area contributed by atoms with Crippen LogP contribution in [0.3, 0.4) is 0 Å². The summed E-state index contributed by atoms with van der Waals surface area (Å²) in [5, 5.41) is 16.8. The summed E-state index contributed by atoms with van der Waals surface area (Å²) < 4.78 is 62.6. The number of morpholine rings is 1. The number of nitrogens with zero attached hydrogens (tertiary/aromatic N) is 5. The highest BCUT2D eigenvalue weighted by Gasteiger charge is 2.51. The van der Waals surface area contributed by atoms with Gasteiger partial charge in [0.2, 0.25) is 15.7 Å². The summed E-state index contributed by atoms with van der Waals surface area (Å²) in [6, 6.07) is 17.8. The standard InChI is InChI=1S/C52H62N8O10S/c1-30(2)36-7-5-6-8-37(36)43-28-67-20-18-58(43)34-24-52(25-34)13-16-57(17-14-52)40-10-9-38(49(53)61)47(59-39-12-19-66-29-45(39)70-51-42(59)21-32-11-15-54-50(32)56-51)48(40)71(64,65)35-22-41(60(62)63)46-44(23-35)69-27-33(55-46)26-68-31(3)4/h5-11,15,21-23,30-31,33-34,39,43,45,55H,12-14,16-20,24-29H2,1-4H3,(H2,53,61)(H,54,56)/t33-,39+,43+,45+/m1/s1. The van der Waals surface area contributed by atoms with Crippen LogP contribution in [0.25, 0.3) is 11.0 Å². The first-order chi connectivity index (χ1) is 34.2. The smallest absolute Gasteiger partial charge is 0.297 e. The van der Waals surface area contributed by atoms with Gasteiger partial charge in [0.15, 0.2) is 11.4 Å². The summed E-state index contributed by atoms with van der Waals surface area (Å²) in [5.74, 6) is -0.214. The van der Waals surface area contributed by atoms with E-state index in [2.05, 4.69) is 58.2 Å². The van der Waals surface area contributed by atoms with E-state index in [1.54, 1.807) is 18.3 Å². The fraction of sp³-hybridized carbons (Fsp3) is 0.500. The highest BCUT2D eigenvalue weighted by Crippen LogP contribution is 2.56. The molecule has 4 fully saturated rings. The van der Waals surface area contributed by atoms with E-state index < -0.39 is 44.5 Å². The van der Waals surface area contributed by atoms with Crippen LogP contribution in [0, 0.1) is 15.5 Å². The van der Waals surface area contributed by atoms with E-state index in [0.717, 1.165) is 43.7 Å². The molecule has 7 heterocycles. The van der Waals surface area contributed by atoms with E-state index in [1.165, 1.54) is 17.2 Å². The average molecular weight is 991 g/mol. The number of rotatable bonds is 12. The van der Waals surface area contributed by atoms with Crippen molar-refractivity contribution in [2.45, 2.75) is 112 Å². The van der Waals surface area contributed by atoms with Gasteiger partial charge in [0.1, 0.15) is 28.9 Å². The Labute approximate surface area is 413 Å². The topological polar surface area (TPSA) is 217 Å². The fourth-order valence-electron chi connectivity index (χ4n) is 12.0. The van der Waals surface area contributed by atoms with Crippen molar-refractivity contribution in [2.24, 2.45) is 11.1 Å². The summed E-state index contributed by atoms with van der Waals surface area (Å²) in [5.41, 5.74) is 10.0. The van der Waals surface area contributed by atoms with Gasteiger partial charge in [0.05, 0.1) is 77.4 Å². The second-order valence-electron chi connectivity index (χ2n) is 20.6. The number of nitrogens with two attached hydrogens (primary N) is 1. The van der Waals surface area contributed by atoms with Gasteiger partial charge in [-0.3, -0.25) is 19.8 Å². The number of anilines is 4. The Morgan fingerprint density at radius 1 is 0.986 bits per heavy atom. The molecule has 71 heavy (non-hydrogen) atoms. The van der Waals surface area contributed by atoms with E-state index in [-0.39, 0.29) is 75.7 Å². The van der Waals surface area contributed by atoms with Crippen LogP contribution in [0.15, 0.2) is 76.7 Å². The largest absolute Gasteiger partial charge is 0.489 e. The van der Waals surface area contributed by atoms with Gasteiger partial charge in [-0.2, -0.15) is 4.98 Å². The number of H-pyrrole nitrogens is 1. The lowest BCUT2D eigenvalue weighted by molar-refractivity contribution is -0.384. The highest BCUT2D eigenvalue weighted by molar-refractivity contribution is 7.91. The third-order valence-electron chi connectivity index (χ3n) is 15.6. The molecule has 19 heteroatoms. The third-order valence-corrected chi connectivity index (χ3v) is 17.4. The van der Waals surface area contributed by atoms with Gasteiger partial charge >= 0.3 is 0 Å². The Kier molecular flexibility index (Phi) is 12.4. The fourth-order valence-corrected chi connectivity index (χ4v) is 13.7. The number of ether oxygens (including phenoxy) is 5. The molecular weight excluding hydrogens is 929 g/mol. The minimum Gasteiger partial charge on any atom is -0.489 e. The van der Waals surface area contributed by atoms with Gasteiger partial charge in [-0.1, -0.05) is 38.1 Å². The van der Waals surface area contributed by atoms with Crippen molar-refractivity contribution in [3.63, 3.8) is 0 Å². The number of hydrogen-bond acceptors (Lipinski definition) is 15. The summed E-state index contributed by atoms with van der Waals surface area (Å²) in [6.07, 6.45) is 5.16. The first-order valence-electron chi connectivity index (χ1n) is 24.9. The number of aromatic amines is 1. The molecule has 6 aliphatic rings. The van der Waals surface area contributed by atoms with Crippen LogP contribution >= 0.6 is 0 Å². The van der Waals surface area contributed by atoms with Crippen LogP contribution < -0.4 is 30.3 Å². The van der Waals surface area contributed by atoms with Gasteiger partial charge in [0.25, 0.3) is 11.6 Å². The molecule has 18 nitrogen and oxygen atoms in total. The minimum absolute atomic E-state index is 0.0163. The zero-order valence-corrected chi connectivity index (χ0v) is 41.4. The van der Waals surface area contributed by atoms with E-state index in [9.17, 15) is 14.9 Å². The number of carbonyl (C=O) groups excluding carboxylic acids is 1. The minimum atomic E-state index is -4.78. The Morgan fingerprint density at radius 2 is 1.77 bits per heavy atom. The predicted octanol–water partition coefficient (Wildman–Crippen LogP) is 7.63. The molecule has 0 unspecified atom stereocenters. The Balaban J connectivity index is 1.00. The molecule has 0 bridgehead atoms. The van der Waals surface area contributed by atoms with Crippen molar-refractivity contribution in [1.29, 1.82) is 0 Å². The molecule has 1 amide bonds. The van der Waals surface area contributed by atoms with E-state index in [0.29, 0.717) is 68.3 Å². The van der Waals surface area contributed by atoms with Crippen molar-refractivity contribution in [1.82, 2.24) is 14.9 Å². The molecule has 1 spiro atoms. The van der Waals surface area contributed by atoms with Crippen LogP contribution in [0.4, 0.5) is 28.4 Å². The molecule has 2 aromatic heterocycles. The first kappa shape index (κ1) is 47.3. The zero-order chi connectivity index (χ0) is 49.3. The van der Waals surface area contributed by atoms with Gasteiger partial charge in [0, 0.05) is 56.0 Å². The molecule has 11 rings (SSSR count). The predicted molar refractivity (Wildman–Crippen MR) is 267 cm³/mol. The first-order valence-corrected chi connectivity index (χ1v) is 26.4. The number of hydrogen-bond donors (Lipinski definition) is 3. The second kappa shape index (κ2) is 18.6. The van der Waals surface area contributed by atoms with E-state index >= 15 is 8.42 Å². The number of nitrogens with one attached hydrogen (secondary N) is 2. The number of sulfone groups is 1. The molecule has 376 valence electrons. The SMILES string of the molecule is CC(C)OC[C@@H]1COc2cc(S(=O)(=O)c3c(N4CCC5(CC4)CC(N4CCOC[C@H]4c4ccccc4C(C)C)C5)ccc(C(N)=O)c3N3c4cc5cc[nH]c5nc4O[C@H]4COCC[C@@H]43)cc([N+](=O)[O-])c2N1. The van der Waals surface area contributed by atoms with Gasteiger partial charge in [-0.25, -0.2) is 8.42 Å². The molecular formula is C52H62N8O10S. The Morgan fingerprint density at radius 3 is 2.54 bits per heavy atom. The monoisotopic (exact) mass is 990 g/mol. The molecule has 3 saturated heterocycles. The number of aromatic nitrogens is 2. The molecule has 1 saturated carbocycles. The highest BCUT2D eigenvalue weighted by atomic mass is 32.2. The van der Waals surface area contributed by atoms with Crippen LogP contribution in [0.1, 0.15) is 93.2 Å². The van der Waals surface area contributed by atoms with E-state index in [1.807, 2.05) is 30.9 Å².